The average Bonchev–Trinajstić information content (AvgIpc) is 2.67. The van der Waals surface area contributed by atoms with Crippen LogP contribution in [0.25, 0.3) is 5.69 Å². The molecule has 0 spiro atoms. The number of aromatic nitrogens is 2. The lowest BCUT2D eigenvalue weighted by molar-refractivity contribution is 0.589. The van der Waals surface area contributed by atoms with E-state index in [2.05, 4.69) is 55.0 Å². The van der Waals surface area contributed by atoms with Gasteiger partial charge in [-0.2, -0.15) is 5.10 Å². The molecule has 0 aliphatic carbocycles. The van der Waals surface area contributed by atoms with Crippen LogP contribution in [-0.2, 0) is 6.42 Å². The van der Waals surface area contributed by atoms with Gasteiger partial charge in [-0.05, 0) is 60.4 Å². The molecule has 0 fully saturated rings. The SMILES string of the molecule is Cc1nn(-c2ccccc2Br)c(C)c1CCNC(C)C. The van der Waals surface area contributed by atoms with Gasteiger partial charge in [-0.25, -0.2) is 4.68 Å². The fraction of sp³-hybridized carbons (Fsp3) is 0.438. The summed E-state index contributed by atoms with van der Waals surface area (Å²) in [7, 11) is 0. The molecule has 0 aliphatic rings. The van der Waals surface area contributed by atoms with Crippen LogP contribution >= 0.6 is 15.9 Å². The van der Waals surface area contributed by atoms with Crippen LogP contribution in [0, 0.1) is 13.8 Å². The maximum Gasteiger partial charge on any atom is 0.0790 e. The normalized spacial score (nSPS) is 11.3. The van der Waals surface area contributed by atoms with Crippen molar-refractivity contribution in [1.82, 2.24) is 15.1 Å². The van der Waals surface area contributed by atoms with Crippen LogP contribution in [0.15, 0.2) is 28.7 Å². The molecule has 1 aromatic heterocycles. The summed E-state index contributed by atoms with van der Waals surface area (Å²) in [5.74, 6) is 0. The molecule has 20 heavy (non-hydrogen) atoms. The molecular formula is C16H22BrN3. The van der Waals surface area contributed by atoms with E-state index in [1.165, 1.54) is 11.3 Å². The van der Waals surface area contributed by atoms with Crippen molar-refractivity contribution in [2.45, 2.75) is 40.2 Å². The van der Waals surface area contributed by atoms with Crippen molar-refractivity contribution in [1.29, 1.82) is 0 Å². The largest absolute Gasteiger partial charge is 0.314 e. The van der Waals surface area contributed by atoms with Crippen molar-refractivity contribution in [2.75, 3.05) is 6.54 Å². The van der Waals surface area contributed by atoms with E-state index in [4.69, 9.17) is 5.10 Å². The lowest BCUT2D eigenvalue weighted by Crippen LogP contribution is -2.25. The molecule has 0 atom stereocenters. The summed E-state index contributed by atoms with van der Waals surface area (Å²) >= 11 is 3.60. The summed E-state index contributed by atoms with van der Waals surface area (Å²) in [6, 6.07) is 8.71. The van der Waals surface area contributed by atoms with E-state index in [0.717, 1.165) is 28.8 Å². The van der Waals surface area contributed by atoms with Crippen LogP contribution in [0.4, 0.5) is 0 Å². The van der Waals surface area contributed by atoms with Crippen molar-refractivity contribution in [3.63, 3.8) is 0 Å². The summed E-state index contributed by atoms with van der Waals surface area (Å²) < 4.78 is 3.10. The van der Waals surface area contributed by atoms with E-state index in [1.807, 2.05) is 22.9 Å². The van der Waals surface area contributed by atoms with E-state index in [0.29, 0.717) is 6.04 Å². The Morgan fingerprint density at radius 2 is 1.95 bits per heavy atom. The van der Waals surface area contributed by atoms with Gasteiger partial charge in [0.1, 0.15) is 0 Å². The summed E-state index contributed by atoms with van der Waals surface area (Å²) in [6.45, 7) is 9.56. The van der Waals surface area contributed by atoms with Crippen LogP contribution < -0.4 is 5.32 Å². The van der Waals surface area contributed by atoms with E-state index >= 15 is 0 Å². The van der Waals surface area contributed by atoms with Gasteiger partial charge < -0.3 is 5.32 Å². The van der Waals surface area contributed by atoms with Crippen LogP contribution in [-0.4, -0.2) is 22.4 Å². The van der Waals surface area contributed by atoms with Gasteiger partial charge in [0.25, 0.3) is 0 Å². The van der Waals surface area contributed by atoms with Gasteiger partial charge in [0.2, 0.25) is 0 Å². The van der Waals surface area contributed by atoms with E-state index in [1.54, 1.807) is 0 Å². The number of hydrogen-bond acceptors (Lipinski definition) is 2. The molecule has 2 rings (SSSR count). The van der Waals surface area contributed by atoms with Gasteiger partial charge in [-0.1, -0.05) is 26.0 Å². The first-order valence-corrected chi connectivity index (χ1v) is 7.83. The van der Waals surface area contributed by atoms with Crippen molar-refractivity contribution in [3.05, 3.63) is 45.7 Å². The Hall–Kier alpha value is -1.13. The minimum atomic E-state index is 0.522. The number of nitrogens with one attached hydrogen (secondary N) is 1. The Bertz CT molecular complexity index is 587. The Morgan fingerprint density at radius 3 is 2.60 bits per heavy atom. The Morgan fingerprint density at radius 1 is 1.25 bits per heavy atom. The molecule has 2 aromatic rings. The van der Waals surface area contributed by atoms with Crippen LogP contribution in [0.2, 0.25) is 0 Å². The van der Waals surface area contributed by atoms with Crippen molar-refractivity contribution >= 4 is 15.9 Å². The van der Waals surface area contributed by atoms with Gasteiger partial charge >= 0.3 is 0 Å². The number of halogens is 1. The highest BCUT2D eigenvalue weighted by atomic mass is 79.9. The van der Waals surface area contributed by atoms with Crippen LogP contribution in [0.1, 0.15) is 30.8 Å². The zero-order valence-electron chi connectivity index (χ0n) is 12.6. The number of aryl methyl sites for hydroxylation is 1. The molecule has 1 aromatic carbocycles. The molecule has 4 heteroatoms. The highest BCUT2D eigenvalue weighted by Crippen LogP contribution is 2.24. The summed E-state index contributed by atoms with van der Waals surface area (Å²) in [5.41, 5.74) is 4.77. The molecule has 3 nitrogen and oxygen atoms in total. The van der Waals surface area contributed by atoms with Gasteiger partial charge in [0, 0.05) is 16.2 Å². The Balaban J connectivity index is 2.27. The zero-order valence-corrected chi connectivity index (χ0v) is 14.2. The minimum absolute atomic E-state index is 0.522. The zero-order chi connectivity index (χ0) is 14.7. The molecule has 1 N–H and O–H groups in total. The van der Waals surface area contributed by atoms with Gasteiger partial charge in [0.15, 0.2) is 0 Å². The second kappa shape index (κ2) is 6.55. The molecule has 0 saturated heterocycles. The Labute approximate surface area is 129 Å². The predicted molar refractivity (Wildman–Crippen MR) is 87.6 cm³/mol. The quantitative estimate of drug-likeness (QED) is 0.900. The number of rotatable bonds is 5. The lowest BCUT2D eigenvalue weighted by atomic mass is 10.1. The van der Waals surface area contributed by atoms with Crippen LogP contribution in [0.5, 0.6) is 0 Å². The standard InChI is InChI=1S/C16H22BrN3/c1-11(2)18-10-9-14-12(3)19-20(13(14)4)16-8-6-5-7-15(16)17/h5-8,11,18H,9-10H2,1-4H3. The Kier molecular flexibility index (Phi) is 5.00. The second-order valence-corrected chi connectivity index (χ2v) is 6.23. The van der Waals surface area contributed by atoms with E-state index in [-0.39, 0.29) is 0 Å². The molecule has 1 heterocycles. The van der Waals surface area contributed by atoms with Gasteiger partial charge in [0.05, 0.1) is 11.4 Å². The first-order valence-electron chi connectivity index (χ1n) is 7.04. The number of para-hydroxylation sites is 1. The molecule has 0 unspecified atom stereocenters. The van der Waals surface area contributed by atoms with Crippen molar-refractivity contribution in [2.24, 2.45) is 0 Å². The fourth-order valence-electron chi connectivity index (χ4n) is 2.38. The summed E-state index contributed by atoms with van der Waals surface area (Å²) in [6.07, 6.45) is 1.01. The minimum Gasteiger partial charge on any atom is -0.314 e. The van der Waals surface area contributed by atoms with Crippen molar-refractivity contribution in [3.8, 4) is 5.69 Å². The second-order valence-electron chi connectivity index (χ2n) is 5.37. The fourth-order valence-corrected chi connectivity index (χ4v) is 2.83. The topological polar surface area (TPSA) is 29.9 Å². The van der Waals surface area contributed by atoms with E-state index in [9.17, 15) is 0 Å². The monoisotopic (exact) mass is 335 g/mol. The lowest BCUT2D eigenvalue weighted by Gasteiger charge is -2.09. The molecule has 0 amide bonds. The molecule has 108 valence electrons. The molecule has 0 saturated carbocycles. The van der Waals surface area contributed by atoms with E-state index < -0.39 is 0 Å². The van der Waals surface area contributed by atoms with Gasteiger partial charge in [-0.3, -0.25) is 0 Å². The molecule has 0 bridgehead atoms. The number of benzene rings is 1. The number of hydrogen-bond donors (Lipinski definition) is 1. The average molecular weight is 336 g/mol. The maximum atomic E-state index is 4.70. The predicted octanol–water partition coefficient (Wildman–Crippen LogP) is 3.79. The molecule has 0 radical (unpaired) electrons. The van der Waals surface area contributed by atoms with Crippen LogP contribution in [0.3, 0.4) is 0 Å². The highest BCUT2D eigenvalue weighted by Gasteiger charge is 2.13. The maximum absolute atomic E-state index is 4.70. The number of nitrogens with zero attached hydrogens (tertiary/aromatic N) is 2. The smallest absolute Gasteiger partial charge is 0.0790 e. The molecular weight excluding hydrogens is 314 g/mol. The van der Waals surface area contributed by atoms with Crippen molar-refractivity contribution < 1.29 is 0 Å². The third-order valence-electron chi connectivity index (χ3n) is 3.45. The van der Waals surface area contributed by atoms with Gasteiger partial charge in [-0.15, -0.1) is 0 Å². The third kappa shape index (κ3) is 3.30. The molecule has 0 aliphatic heterocycles. The summed E-state index contributed by atoms with van der Waals surface area (Å²) in [4.78, 5) is 0. The summed E-state index contributed by atoms with van der Waals surface area (Å²) in [5, 5.41) is 8.16. The first kappa shape index (κ1) is 15.3. The first-order chi connectivity index (χ1) is 9.50. The highest BCUT2D eigenvalue weighted by molar-refractivity contribution is 9.10. The third-order valence-corrected chi connectivity index (χ3v) is 4.12.